The molecule has 0 aliphatic rings. The Labute approximate surface area is 837 Å². The van der Waals surface area contributed by atoms with Gasteiger partial charge in [0.2, 0.25) is 0 Å². The summed E-state index contributed by atoms with van der Waals surface area (Å²) in [5, 5.41) is 22.8. The van der Waals surface area contributed by atoms with Crippen molar-refractivity contribution < 1.29 is 0 Å². The molecule has 8 heteroatoms. The summed E-state index contributed by atoms with van der Waals surface area (Å²) in [5.41, 5.74) is 34.0. The van der Waals surface area contributed by atoms with E-state index in [1.807, 2.05) is 22.7 Å². The first-order valence-corrected chi connectivity index (χ1v) is 51.0. The minimum Gasteiger partial charge on any atom is -0.309 e. The largest absolute Gasteiger partial charge is 0.309 e. The maximum atomic E-state index is 2.50. The van der Waals surface area contributed by atoms with Gasteiger partial charge in [0.05, 0.1) is 87.0 Å². The molecule has 672 valence electrons. The molecule has 0 saturated heterocycles. The molecule has 0 unspecified atom stereocenters. The second-order valence-electron chi connectivity index (χ2n) is 37.7. The summed E-state index contributed by atoms with van der Waals surface area (Å²) >= 11 is 3.79. The number of nitrogens with zero attached hydrogens (tertiary/aromatic N) is 6. The molecule has 0 N–H and O–H groups in total. The summed E-state index contributed by atoms with van der Waals surface area (Å²) in [6, 6.07) is 190. The van der Waals surface area contributed by atoms with Crippen LogP contribution in [0.25, 0.3) is 272 Å². The molecule has 0 atom stereocenters. The summed E-state index contributed by atoms with van der Waals surface area (Å²) in [6.07, 6.45) is 0. The zero-order valence-corrected chi connectivity index (χ0v) is 79.8. The number of aromatic nitrogens is 6. The van der Waals surface area contributed by atoms with E-state index in [9.17, 15) is 0 Å². The highest BCUT2D eigenvalue weighted by molar-refractivity contribution is 7.27. The van der Waals surface area contributed by atoms with Crippen LogP contribution in [-0.2, 0) is 0 Å². The van der Waals surface area contributed by atoms with Crippen molar-refractivity contribution in [2.24, 2.45) is 0 Å². The smallest absolute Gasteiger partial charge is 0.0640 e. The quantitative estimate of drug-likeness (QED) is 0.124. The first kappa shape index (κ1) is 82.6. The van der Waals surface area contributed by atoms with Gasteiger partial charge in [0, 0.05) is 118 Å². The highest BCUT2D eigenvalue weighted by Gasteiger charge is 2.27. The maximum Gasteiger partial charge on any atom is 0.0640 e. The molecule has 8 aromatic heterocycles. The summed E-state index contributed by atoms with van der Waals surface area (Å²) in [6.45, 7) is 0. The molecule has 0 aliphatic heterocycles. The Morgan fingerprint density at radius 2 is 0.396 bits per heavy atom. The van der Waals surface area contributed by atoms with Gasteiger partial charge in [0.1, 0.15) is 0 Å². The average molecular weight is 1870 g/mol. The average Bonchev–Trinajstić information content (AvgIpc) is 1.56. The number of benzene rings is 23. The summed E-state index contributed by atoms with van der Waals surface area (Å²) in [7, 11) is 0. The highest BCUT2D eigenvalue weighted by atomic mass is 32.1. The van der Waals surface area contributed by atoms with Gasteiger partial charge in [-0.25, -0.2) is 0 Å². The van der Waals surface area contributed by atoms with E-state index < -0.39 is 0 Å². The molecular weight excluding hydrogens is 1780 g/mol. The summed E-state index contributed by atoms with van der Waals surface area (Å²) in [5.74, 6) is 0. The number of fused-ring (bicyclic) bond motifs is 25. The fourth-order valence-electron chi connectivity index (χ4n) is 23.2. The predicted molar refractivity (Wildman–Crippen MR) is 616 cm³/mol. The summed E-state index contributed by atoms with van der Waals surface area (Å²) < 4.78 is 20.0. The minimum absolute atomic E-state index is 1.16. The number of hydrogen-bond donors (Lipinski definition) is 0. The third-order valence-corrected chi connectivity index (χ3v) is 32.2. The Kier molecular flexibility index (Phi) is 19.3. The van der Waals surface area contributed by atoms with Crippen LogP contribution in [0.4, 0.5) is 0 Å². The molecule has 144 heavy (non-hydrogen) atoms. The Morgan fingerprint density at radius 1 is 0.125 bits per heavy atom. The standard InChI is InChI=1S/2C48H30N2S.C40H26N2/c1-3-13-31(14-4-1)32-25-27-34(28-26-32)49-42-22-9-7-17-36(42)40-30-46-41(29-45(40)49)37-18-8-10-23-43(37)50(46)44-24-12-21-39-38-20-11-19-35(47(38)51-48(39)44)33-15-5-2-6-16-33;1-2-12-31(13-3-1)32-24-26-33(27-25-32)34-14-10-15-35(28-34)49-42-20-7-4-16-36(42)40-30-46-41(29-45(40)49)37-17-5-8-21-43(37)50(46)44-22-11-19-39-38-18-6-9-23-47(38)51-48(39)44;1-2-10-27(11-3-1)29-18-21-31(22-19-29)41-37-16-8-6-14-33(37)35-26-40-36(25-39(35)41)34-15-7-9-17-38(34)42(40)32-23-20-28-12-4-5-13-30(28)24-32/h2*1-30H;1-26H. The van der Waals surface area contributed by atoms with E-state index in [0.29, 0.717) is 0 Å². The van der Waals surface area contributed by atoms with Crippen molar-refractivity contribution in [1.29, 1.82) is 0 Å². The lowest BCUT2D eigenvalue weighted by atomic mass is 10.00. The zero-order valence-electron chi connectivity index (χ0n) is 78.2. The maximum absolute atomic E-state index is 2.50. The van der Waals surface area contributed by atoms with Crippen LogP contribution in [0.15, 0.2) is 522 Å². The van der Waals surface area contributed by atoms with Crippen LogP contribution in [0.5, 0.6) is 0 Å². The molecule has 0 amide bonds. The van der Waals surface area contributed by atoms with Crippen molar-refractivity contribution in [1.82, 2.24) is 27.4 Å². The van der Waals surface area contributed by atoms with E-state index in [-0.39, 0.29) is 0 Å². The summed E-state index contributed by atoms with van der Waals surface area (Å²) in [4.78, 5) is 0. The molecule has 0 radical (unpaired) electrons. The first-order valence-electron chi connectivity index (χ1n) is 49.3. The van der Waals surface area contributed by atoms with E-state index in [0.717, 1.165) is 11.4 Å². The van der Waals surface area contributed by atoms with Crippen LogP contribution in [0, 0.1) is 0 Å². The van der Waals surface area contributed by atoms with Crippen LogP contribution < -0.4 is 0 Å². The monoisotopic (exact) mass is 1870 g/mol. The lowest BCUT2D eigenvalue weighted by molar-refractivity contribution is 1.18. The minimum atomic E-state index is 1.16. The molecule has 6 nitrogen and oxygen atoms in total. The number of thiophene rings is 2. The van der Waals surface area contributed by atoms with E-state index in [1.54, 1.807) is 0 Å². The van der Waals surface area contributed by atoms with Crippen LogP contribution >= 0.6 is 22.7 Å². The van der Waals surface area contributed by atoms with Crippen molar-refractivity contribution in [2.75, 3.05) is 0 Å². The lowest BCUT2D eigenvalue weighted by Crippen LogP contribution is -1.95. The van der Waals surface area contributed by atoms with Gasteiger partial charge in [-0.15, -0.1) is 22.7 Å². The van der Waals surface area contributed by atoms with Crippen LogP contribution in [0.3, 0.4) is 0 Å². The van der Waals surface area contributed by atoms with Crippen LogP contribution in [-0.4, -0.2) is 27.4 Å². The van der Waals surface area contributed by atoms with Gasteiger partial charge in [-0.2, -0.15) is 0 Å². The van der Waals surface area contributed by atoms with Gasteiger partial charge in [0.15, 0.2) is 0 Å². The molecule has 0 bridgehead atoms. The molecule has 0 fully saturated rings. The van der Waals surface area contributed by atoms with Crippen molar-refractivity contribution in [3.63, 3.8) is 0 Å². The van der Waals surface area contributed by atoms with Crippen molar-refractivity contribution in [2.45, 2.75) is 0 Å². The normalized spacial score (nSPS) is 11.9. The van der Waals surface area contributed by atoms with E-state index >= 15 is 0 Å². The number of rotatable bonds is 11. The van der Waals surface area contributed by atoms with E-state index in [2.05, 4.69) is 549 Å². The Morgan fingerprint density at radius 3 is 0.819 bits per heavy atom. The molecule has 0 saturated carbocycles. The van der Waals surface area contributed by atoms with Gasteiger partial charge in [-0.1, -0.05) is 382 Å². The fourth-order valence-corrected chi connectivity index (χ4v) is 25.7. The Bertz CT molecular complexity index is 10600. The van der Waals surface area contributed by atoms with Crippen molar-refractivity contribution in [3.05, 3.63) is 522 Å². The van der Waals surface area contributed by atoms with Gasteiger partial charge in [-0.3, -0.25) is 0 Å². The third kappa shape index (κ3) is 13.4. The molecule has 0 spiro atoms. The number of para-hydroxylation sites is 6. The second-order valence-corrected chi connectivity index (χ2v) is 39.8. The van der Waals surface area contributed by atoms with E-state index in [4.69, 9.17) is 0 Å². The predicted octanol–water partition coefficient (Wildman–Crippen LogP) is 37.9. The third-order valence-electron chi connectivity index (χ3n) is 29.7. The van der Waals surface area contributed by atoms with Gasteiger partial charge < -0.3 is 27.4 Å². The molecule has 31 aromatic rings. The highest BCUT2D eigenvalue weighted by Crippen LogP contribution is 2.50. The topological polar surface area (TPSA) is 29.6 Å². The second kappa shape index (κ2) is 33.7. The molecule has 8 heterocycles. The Balaban J connectivity index is 0.000000103. The molecule has 0 aliphatic carbocycles. The fraction of sp³-hybridized carbons (Fsp3) is 0. The zero-order chi connectivity index (χ0) is 94.6. The Hall–Kier alpha value is -18.4. The first-order chi connectivity index (χ1) is 71.4. The lowest BCUT2D eigenvalue weighted by Gasteiger charge is -2.12. The molecule has 23 aromatic carbocycles. The van der Waals surface area contributed by atoms with Crippen LogP contribution in [0.2, 0.25) is 0 Å². The van der Waals surface area contributed by atoms with Gasteiger partial charge in [-0.05, 0) is 206 Å². The van der Waals surface area contributed by atoms with Gasteiger partial charge in [0.25, 0.3) is 0 Å². The molecule has 31 rings (SSSR count). The van der Waals surface area contributed by atoms with E-state index in [1.165, 1.54) is 260 Å². The van der Waals surface area contributed by atoms with Crippen LogP contribution in [0.1, 0.15) is 0 Å². The molecular formula is C136H86N6S2. The van der Waals surface area contributed by atoms with Crippen molar-refractivity contribution >= 4 is 205 Å². The van der Waals surface area contributed by atoms with Crippen molar-refractivity contribution in [3.8, 4) is 89.8 Å². The number of hydrogen-bond acceptors (Lipinski definition) is 2. The van der Waals surface area contributed by atoms with Gasteiger partial charge >= 0.3 is 0 Å². The SMILES string of the molecule is c1ccc(-c2ccc(-c3cccc(-n4c5ccccc5c5cc6c(cc54)c4ccccc4n6-c4cccc5c4sc4ccccc45)c3)cc2)cc1.c1ccc(-c2ccc(-n3c4ccccc4c4cc5c(cc43)c3ccccc3n5-c3ccc4ccccc4c3)cc2)cc1.c1ccc(-c2ccc(-n3c4ccccc4c4cc5c(cc43)c3ccccc3n5-c3cccc4c3sc3c(-c5ccccc5)cccc34)cc2)cc1.